The fraction of sp³-hybridized carbons (Fsp3) is 1.00. The van der Waals surface area contributed by atoms with Crippen LogP contribution < -0.4 is 0 Å². The molecule has 78 valence electrons. The van der Waals surface area contributed by atoms with Crippen LogP contribution in [0.2, 0.25) is 19.6 Å². The zero-order valence-corrected chi connectivity index (χ0v) is 10.2. The summed E-state index contributed by atoms with van der Waals surface area (Å²) in [5, 5.41) is 0. The van der Waals surface area contributed by atoms with Gasteiger partial charge in [0.15, 0.2) is 0 Å². The number of epoxide rings is 1. The molecular weight excluding hydrogens is 208 g/mol. The van der Waals surface area contributed by atoms with E-state index in [1.54, 1.807) is 0 Å². The molecule has 1 fully saturated rings. The topological polar surface area (TPSA) is 55.9 Å². The summed E-state index contributed by atoms with van der Waals surface area (Å²) < 4.78 is 31.3. The standard InChI is InChI=1S/C7H16O4SSi/c1-12(8,9)10-5-6-7(11-6)13(2,3)4/h6-7H,5H2,1-4H3/t6-,7-/m0/s1. The molecule has 0 saturated carbocycles. The summed E-state index contributed by atoms with van der Waals surface area (Å²) in [6.07, 6.45) is 1.06. The van der Waals surface area contributed by atoms with Crippen molar-refractivity contribution in [1.82, 2.24) is 0 Å². The Kier molecular flexibility index (Phi) is 2.87. The van der Waals surface area contributed by atoms with E-state index in [2.05, 4.69) is 23.8 Å². The fourth-order valence-electron chi connectivity index (χ4n) is 1.22. The van der Waals surface area contributed by atoms with Gasteiger partial charge in [0.25, 0.3) is 10.1 Å². The van der Waals surface area contributed by atoms with E-state index >= 15 is 0 Å². The highest BCUT2D eigenvalue weighted by molar-refractivity contribution is 7.85. The normalized spacial score (nSPS) is 28.9. The summed E-state index contributed by atoms with van der Waals surface area (Å²) in [4.78, 5) is 0. The van der Waals surface area contributed by atoms with Crippen molar-refractivity contribution < 1.29 is 17.3 Å². The van der Waals surface area contributed by atoms with Crippen LogP contribution in [-0.2, 0) is 19.0 Å². The van der Waals surface area contributed by atoms with Crippen LogP contribution in [-0.4, -0.2) is 41.2 Å². The third-order valence-corrected chi connectivity index (χ3v) is 4.66. The molecule has 0 aromatic carbocycles. The van der Waals surface area contributed by atoms with Gasteiger partial charge in [-0.15, -0.1) is 0 Å². The Morgan fingerprint density at radius 3 is 2.23 bits per heavy atom. The van der Waals surface area contributed by atoms with Crippen molar-refractivity contribution in [1.29, 1.82) is 0 Å². The lowest BCUT2D eigenvalue weighted by atomic mass is 10.5. The van der Waals surface area contributed by atoms with Crippen molar-refractivity contribution in [3.05, 3.63) is 0 Å². The molecule has 0 spiro atoms. The van der Waals surface area contributed by atoms with E-state index in [1.165, 1.54) is 0 Å². The molecule has 6 heteroatoms. The SMILES string of the molecule is C[Si](C)(C)[C@@H]1O[C@H]1COS(C)(=O)=O. The first-order chi connectivity index (χ1) is 5.70. The lowest BCUT2D eigenvalue weighted by Crippen LogP contribution is -2.31. The maximum absolute atomic E-state index is 10.7. The number of rotatable bonds is 4. The molecule has 4 nitrogen and oxygen atoms in total. The molecular formula is C7H16O4SSi. The van der Waals surface area contributed by atoms with Gasteiger partial charge in [0, 0.05) is 0 Å². The van der Waals surface area contributed by atoms with Crippen LogP contribution in [0, 0.1) is 0 Å². The second-order valence-corrected chi connectivity index (χ2v) is 11.4. The zero-order chi connectivity index (χ0) is 10.3. The highest BCUT2D eigenvalue weighted by Crippen LogP contribution is 2.31. The maximum Gasteiger partial charge on any atom is 0.264 e. The fourth-order valence-corrected chi connectivity index (χ4v) is 3.40. The first kappa shape index (κ1) is 11.2. The molecule has 1 heterocycles. The maximum atomic E-state index is 10.7. The van der Waals surface area contributed by atoms with E-state index in [-0.39, 0.29) is 18.4 Å². The van der Waals surface area contributed by atoms with Crippen LogP contribution >= 0.6 is 0 Å². The summed E-state index contributed by atoms with van der Waals surface area (Å²) in [5.74, 6) is 0. The summed E-state index contributed by atoms with van der Waals surface area (Å²) in [5.41, 5.74) is 0.259. The van der Waals surface area contributed by atoms with Gasteiger partial charge in [-0.3, -0.25) is 4.18 Å². The number of ether oxygens (including phenoxy) is 1. The molecule has 13 heavy (non-hydrogen) atoms. The molecule has 1 aliphatic heterocycles. The van der Waals surface area contributed by atoms with E-state index in [4.69, 9.17) is 4.74 Å². The third kappa shape index (κ3) is 3.76. The second-order valence-electron chi connectivity index (χ2n) is 4.45. The van der Waals surface area contributed by atoms with Gasteiger partial charge < -0.3 is 4.74 Å². The average molecular weight is 224 g/mol. The van der Waals surface area contributed by atoms with Gasteiger partial charge in [-0.25, -0.2) is 0 Å². The highest BCUT2D eigenvalue weighted by Gasteiger charge is 2.48. The molecule has 1 rings (SSSR count). The minimum atomic E-state index is -3.31. The van der Waals surface area contributed by atoms with Crippen LogP contribution in [0.1, 0.15) is 0 Å². The number of hydrogen-bond donors (Lipinski definition) is 0. The van der Waals surface area contributed by atoms with Crippen molar-refractivity contribution >= 4 is 18.2 Å². The average Bonchev–Trinajstić information content (AvgIpc) is 2.57. The molecule has 0 aliphatic carbocycles. The molecule has 0 N–H and O–H groups in total. The Bertz CT molecular complexity index is 279. The van der Waals surface area contributed by atoms with Crippen molar-refractivity contribution in [3.8, 4) is 0 Å². The Morgan fingerprint density at radius 1 is 1.38 bits per heavy atom. The quantitative estimate of drug-likeness (QED) is 0.399. The molecule has 1 saturated heterocycles. The monoisotopic (exact) mass is 224 g/mol. The van der Waals surface area contributed by atoms with Crippen LogP contribution in [0.25, 0.3) is 0 Å². The summed E-state index contributed by atoms with van der Waals surface area (Å²) >= 11 is 0. The van der Waals surface area contributed by atoms with E-state index < -0.39 is 18.2 Å². The molecule has 0 unspecified atom stereocenters. The minimum Gasteiger partial charge on any atom is -0.371 e. The highest BCUT2D eigenvalue weighted by atomic mass is 32.2. The van der Waals surface area contributed by atoms with Gasteiger partial charge in [0.2, 0.25) is 0 Å². The molecule has 0 aromatic heterocycles. The van der Waals surface area contributed by atoms with Crippen LogP contribution in [0.5, 0.6) is 0 Å². The molecule has 2 atom stereocenters. The Balaban J connectivity index is 2.30. The predicted molar refractivity (Wildman–Crippen MR) is 52.8 cm³/mol. The molecule has 0 radical (unpaired) electrons. The summed E-state index contributed by atoms with van der Waals surface area (Å²) in [6.45, 7) is 6.75. The third-order valence-electron chi connectivity index (χ3n) is 1.88. The smallest absolute Gasteiger partial charge is 0.264 e. The Labute approximate surface area is 80.4 Å². The van der Waals surface area contributed by atoms with E-state index in [0.29, 0.717) is 0 Å². The molecule has 0 bridgehead atoms. The first-order valence-corrected chi connectivity index (χ1v) is 9.59. The van der Waals surface area contributed by atoms with Gasteiger partial charge in [0.05, 0.1) is 26.7 Å². The van der Waals surface area contributed by atoms with Gasteiger partial charge in [-0.1, -0.05) is 19.6 Å². The zero-order valence-electron chi connectivity index (χ0n) is 8.40. The van der Waals surface area contributed by atoms with Crippen molar-refractivity contribution in [2.75, 3.05) is 12.9 Å². The lowest BCUT2D eigenvalue weighted by molar-refractivity contribution is 0.268. The van der Waals surface area contributed by atoms with Gasteiger partial charge in [0.1, 0.15) is 6.10 Å². The summed E-state index contributed by atoms with van der Waals surface area (Å²) in [6, 6.07) is 0. The molecule has 0 amide bonds. The summed E-state index contributed by atoms with van der Waals surface area (Å²) in [7, 11) is -4.59. The predicted octanol–water partition coefficient (Wildman–Crippen LogP) is 0.607. The second kappa shape index (κ2) is 3.34. The molecule has 1 aliphatic rings. The Hall–Kier alpha value is 0.0869. The van der Waals surface area contributed by atoms with Crippen LogP contribution in [0.4, 0.5) is 0 Å². The van der Waals surface area contributed by atoms with Gasteiger partial charge in [-0.05, 0) is 0 Å². The Morgan fingerprint density at radius 2 is 1.92 bits per heavy atom. The van der Waals surface area contributed by atoms with E-state index in [1.807, 2.05) is 0 Å². The minimum absolute atomic E-state index is 0.00129. The van der Waals surface area contributed by atoms with Crippen LogP contribution in [0.15, 0.2) is 0 Å². The van der Waals surface area contributed by atoms with E-state index in [9.17, 15) is 8.42 Å². The van der Waals surface area contributed by atoms with Gasteiger partial charge >= 0.3 is 0 Å². The van der Waals surface area contributed by atoms with Crippen molar-refractivity contribution in [2.45, 2.75) is 31.5 Å². The van der Waals surface area contributed by atoms with Gasteiger partial charge in [-0.2, -0.15) is 8.42 Å². The molecule has 0 aromatic rings. The largest absolute Gasteiger partial charge is 0.371 e. The first-order valence-electron chi connectivity index (χ1n) is 4.20. The number of hydrogen-bond acceptors (Lipinski definition) is 4. The van der Waals surface area contributed by atoms with Crippen molar-refractivity contribution in [2.24, 2.45) is 0 Å². The van der Waals surface area contributed by atoms with Crippen LogP contribution in [0.3, 0.4) is 0 Å². The lowest BCUT2D eigenvalue weighted by Gasteiger charge is -2.10. The van der Waals surface area contributed by atoms with E-state index in [0.717, 1.165) is 6.26 Å². The van der Waals surface area contributed by atoms with Crippen molar-refractivity contribution in [3.63, 3.8) is 0 Å².